The zero-order valence-corrected chi connectivity index (χ0v) is 7.33. The Kier molecular flexibility index (Phi) is 24.2. The summed E-state index contributed by atoms with van der Waals surface area (Å²) in [5.74, 6) is -0.875. The van der Waals surface area contributed by atoms with Gasteiger partial charge in [0, 0.05) is 20.3 Å². The molecule has 0 amide bonds. The summed E-state index contributed by atoms with van der Waals surface area (Å²) >= 11 is 0. The van der Waals surface area contributed by atoms with Gasteiger partial charge in [0.1, 0.15) is 0 Å². The van der Waals surface area contributed by atoms with Crippen molar-refractivity contribution in [2.75, 3.05) is 14.2 Å². The fourth-order valence-electron chi connectivity index (χ4n) is 0.247. The number of aliphatic hydroxyl groups excluding tert-OH is 2. The Morgan fingerprint density at radius 3 is 1.36 bits per heavy atom. The van der Waals surface area contributed by atoms with E-state index in [4.69, 9.17) is 15.3 Å². The van der Waals surface area contributed by atoms with E-state index in [-0.39, 0.29) is 0 Å². The molecule has 0 spiro atoms. The largest absolute Gasteiger partial charge is 0.478 e. The molecule has 0 aliphatic heterocycles. The van der Waals surface area contributed by atoms with E-state index in [1.165, 1.54) is 6.08 Å². The average Bonchev–Trinajstić information content (AvgIpc) is 1.93. The normalized spacial score (nSPS) is 6.00. The fourth-order valence-corrected chi connectivity index (χ4v) is 0.247. The van der Waals surface area contributed by atoms with Crippen molar-refractivity contribution in [3.05, 3.63) is 11.6 Å². The number of aliphatic hydroxyl groups is 2. The van der Waals surface area contributed by atoms with Crippen LogP contribution in [0.1, 0.15) is 13.8 Å². The summed E-state index contributed by atoms with van der Waals surface area (Å²) in [6, 6.07) is 0. The number of hydrogen-bond acceptors (Lipinski definition) is 3. The van der Waals surface area contributed by atoms with Crippen LogP contribution in [-0.2, 0) is 4.79 Å². The summed E-state index contributed by atoms with van der Waals surface area (Å²) in [6.45, 7) is 3.49. The maximum absolute atomic E-state index is 9.73. The van der Waals surface area contributed by atoms with Crippen LogP contribution in [0.25, 0.3) is 0 Å². The van der Waals surface area contributed by atoms with Gasteiger partial charge in [0.15, 0.2) is 0 Å². The summed E-state index contributed by atoms with van der Waals surface area (Å²) in [7, 11) is 2.00. The molecular weight excluding hydrogens is 148 g/mol. The second-order valence-electron chi connectivity index (χ2n) is 1.56. The summed E-state index contributed by atoms with van der Waals surface area (Å²) in [5, 5.41) is 22.0. The van der Waals surface area contributed by atoms with Gasteiger partial charge >= 0.3 is 5.97 Å². The monoisotopic (exact) mass is 164 g/mol. The van der Waals surface area contributed by atoms with E-state index in [1.807, 2.05) is 0 Å². The lowest BCUT2D eigenvalue weighted by atomic mass is 10.3. The fraction of sp³-hybridized carbons (Fsp3) is 0.571. The van der Waals surface area contributed by atoms with Crippen LogP contribution in [0.5, 0.6) is 0 Å². The highest BCUT2D eigenvalue weighted by molar-refractivity contribution is 5.80. The van der Waals surface area contributed by atoms with E-state index in [0.717, 1.165) is 19.8 Å². The second-order valence-corrected chi connectivity index (χ2v) is 1.56. The van der Waals surface area contributed by atoms with Crippen molar-refractivity contribution < 1.29 is 20.1 Å². The number of allylic oxidation sites excluding steroid dienone is 1. The Morgan fingerprint density at radius 1 is 1.09 bits per heavy atom. The molecule has 11 heavy (non-hydrogen) atoms. The van der Waals surface area contributed by atoms with Crippen LogP contribution in [0.15, 0.2) is 11.6 Å². The zero-order chi connectivity index (χ0) is 9.86. The maximum Gasteiger partial charge on any atom is 0.328 e. The van der Waals surface area contributed by atoms with Gasteiger partial charge < -0.3 is 15.3 Å². The summed E-state index contributed by atoms with van der Waals surface area (Å²) < 4.78 is 0. The Hall–Kier alpha value is -0.870. The van der Waals surface area contributed by atoms with E-state index in [9.17, 15) is 4.79 Å². The predicted molar refractivity (Wildman–Crippen MR) is 43.4 cm³/mol. The van der Waals surface area contributed by atoms with Crippen LogP contribution in [0.2, 0.25) is 0 Å². The van der Waals surface area contributed by atoms with E-state index in [2.05, 4.69) is 0 Å². The first-order valence-corrected chi connectivity index (χ1v) is 2.90. The van der Waals surface area contributed by atoms with Gasteiger partial charge in [-0.15, -0.1) is 0 Å². The molecule has 68 valence electrons. The second kappa shape index (κ2) is 16.1. The van der Waals surface area contributed by atoms with Crippen molar-refractivity contribution in [3.8, 4) is 0 Å². The molecule has 0 heterocycles. The lowest BCUT2D eigenvalue weighted by Gasteiger charge is -1.79. The van der Waals surface area contributed by atoms with Gasteiger partial charge in [-0.1, -0.05) is 5.57 Å². The van der Waals surface area contributed by atoms with Crippen LogP contribution in [0.3, 0.4) is 0 Å². The minimum Gasteiger partial charge on any atom is -0.478 e. The van der Waals surface area contributed by atoms with Crippen LogP contribution in [-0.4, -0.2) is 35.5 Å². The van der Waals surface area contributed by atoms with Crippen LogP contribution >= 0.6 is 0 Å². The number of hydrogen-bond donors (Lipinski definition) is 3. The third-order valence-corrected chi connectivity index (χ3v) is 0.412. The smallest absolute Gasteiger partial charge is 0.328 e. The standard InChI is InChI=1S/C5H8O2.2CH4O/c1-4(2)3-5(6)7;2*1-2/h3H,1-2H3,(H,6,7);2*2H,1H3. The van der Waals surface area contributed by atoms with Gasteiger partial charge in [-0.3, -0.25) is 0 Å². The first-order valence-electron chi connectivity index (χ1n) is 2.90. The van der Waals surface area contributed by atoms with Crippen LogP contribution in [0, 0.1) is 0 Å². The van der Waals surface area contributed by atoms with Gasteiger partial charge in [-0.05, 0) is 13.8 Å². The number of carboxylic acids is 1. The quantitative estimate of drug-likeness (QED) is 0.485. The van der Waals surface area contributed by atoms with Crippen molar-refractivity contribution in [1.29, 1.82) is 0 Å². The highest BCUT2D eigenvalue weighted by atomic mass is 16.4. The van der Waals surface area contributed by atoms with Crippen LogP contribution < -0.4 is 0 Å². The van der Waals surface area contributed by atoms with Crippen molar-refractivity contribution >= 4 is 5.97 Å². The molecule has 0 saturated carbocycles. The molecule has 0 aromatic heterocycles. The van der Waals surface area contributed by atoms with Gasteiger partial charge in [0.2, 0.25) is 0 Å². The molecule has 3 N–H and O–H groups in total. The molecular formula is C7H16O4. The minimum absolute atomic E-state index is 0.813. The molecule has 0 aromatic rings. The summed E-state index contributed by atoms with van der Waals surface area (Å²) in [5.41, 5.74) is 0.813. The topological polar surface area (TPSA) is 77.8 Å². The number of rotatable bonds is 1. The summed E-state index contributed by atoms with van der Waals surface area (Å²) in [6.07, 6.45) is 1.17. The third-order valence-electron chi connectivity index (χ3n) is 0.412. The molecule has 0 radical (unpaired) electrons. The van der Waals surface area contributed by atoms with E-state index in [0.29, 0.717) is 0 Å². The van der Waals surface area contributed by atoms with E-state index >= 15 is 0 Å². The molecule has 0 saturated heterocycles. The van der Waals surface area contributed by atoms with Crippen LogP contribution in [0.4, 0.5) is 0 Å². The Labute approximate surface area is 66.8 Å². The first-order chi connectivity index (χ1) is 5.13. The zero-order valence-electron chi connectivity index (χ0n) is 7.33. The van der Waals surface area contributed by atoms with Gasteiger partial charge in [0.05, 0.1) is 0 Å². The lowest BCUT2D eigenvalue weighted by molar-refractivity contribution is -0.131. The van der Waals surface area contributed by atoms with Crippen molar-refractivity contribution in [1.82, 2.24) is 0 Å². The molecule has 4 nitrogen and oxygen atoms in total. The highest BCUT2D eigenvalue weighted by Gasteiger charge is 1.83. The number of aliphatic carboxylic acids is 1. The predicted octanol–water partition coefficient (Wildman–Crippen LogP) is 0.254. The third kappa shape index (κ3) is 47.4. The molecule has 0 fully saturated rings. The van der Waals surface area contributed by atoms with Crippen molar-refractivity contribution in [2.45, 2.75) is 13.8 Å². The molecule has 0 rings (SSSR count). The molecule has 0 aliphatic carbocycles. The van der Waals surface area contributed by atoms with Crippen molar-refractivity contribution in [2.24, 2.45) is 0 Å². The van der Waals surface area contributed by atoms with Gasteiger partial charge in [0.25, 0.3) is 0 Å². The Bertz CT molecular complexity index is 103. The number of carboxylic acid groups (broad SMARTS) is 1. The Morgan fingerprint density at radius 2 is 1.36 bits per heavy atom. The van der Waals surface area contributed by atoms with E-state index < -0.39 is 5.97 Å². The molecule has 0 atom stereocenters. The first kappa shape index (κ1) is 16.6. The molecule has 0 aromatic carbocycles. The average molecular weight is 164 g/mol. The SMILES string of the molecule is CC(C)=CC(=O)O.CO.CO. The van der Waals surface area contributed by atoms with E-state index in [1.54, 1.807) is 13.8 Å². The number of carbonyl (C=O) groups is 1. The maximum atomic E-state index is 9.73. The van der Waals surface area contributed by atoms with Crippen molar-refractivity contribution in [3.63, 3.8) is 0 Å². The molecule has 0 aliphatic rings. The molecule has 0 unspecified atom stereocenters. The van der Waals surface area contributed by atoms with Gasteiger partial charge in [-0.2, -0.15) is 0 Å². The lowest BCUT2D eigenvalue weighted by Crippen LogP contribution is -1.86. The molecule has 4 heteroatoms. The highest BCUT2D eigenvalue weighted by Crippen LogP contribution is 1.85. The molecule has 0 bridgehead atoms. The van der Waals surface area contributed by atoms with Gasteiger partial charge in [-0.25, -0.2) is 4.79 Å². The Balaban J connectivity index is -0.000000138. The minimum atomic E-state index is -0.875. The summed E-state index contributed by atoms with van der Waals surface area (Å²) in [4.78, 5) is 9.73.